The molecule has 1 heterocycles. The lowest BCUT2D eigenvalue weighted by Crippen LogP contribution is -2.14. The van der Waals surface area contributed by atoms with Gasteiger partial charge in [-0.05, 0) is 25.1 Å². The number of hydrogen-bond donors (Lipinski definition) is 3. The van der Waals surface area contributed by atoms with E-state index in [1.807, 2.05) is 0 Å². The number of hydrogen-bond acceptors (Lipinski definition) is 4. The van der Waals surface area contributed by atoms with Gasteiger partial charge in [0.15, 0.2) is 0 Å². The quantitative estimate of drug-likeness (QED) is 0.744. The van der Waals surface area contributed by atoms with Crippen LogP contribution in [-0.4, -0.2) is 25.2 Å². The van der Waals surface area contributed by atoms with Gasteiger partial charge in [-0.2, -0.15) is 5.10 Å². The SMILES string of the molecule is Cc1[nH]ncc1S(=O)(=O)Nc1cc(Cl)ccc1C#CCN. The summed E-state index contributed by atoms with van der Waals surface area (Å²) in [5, 5.41) is 6.68. The van der Waals surface area contributed by atoms with Gasteiger partial charge in [-0.1, -0.05) is 23.4 Å². The van der Waals surface area contributed by atoms with Gasteiger partial charge in [0, 0.05) is 10.6 Å². The van der Waals surface area contributed by atoms with E-state index in [0.717, 1.165) is 0 Å². The molecule has 2 aromatic rings. The number of H-pyrrole nitrogens is 1. The minimum atomic E-state index is -3.77. The van der Waals surface area contributed by atoms with E-state index in [2.05, 4.69) is 26.8 Å². The largest absolute Gasteiger partial charge is 0.320 e. The number of sulfonamides is 1. The fourth-order valence-electron chi connectivity index (χ4n) is 1.67. The molecule has 0 saturated heterocycles. The second-order valence-corrected chi connectivity index (χ2v) is 6.25. The Labute approximate surface area is 127 Å². The highest BCUT2D eigenvalue weighted by Gasteiger charge is 2.19. The third kappa shape index (κ3) is 3.55. The van der Waals surface area contributed by atoms with Crippen molar-refractivity contribution in [2.24, 2.45) is 5.73 Å². The molecular formula is C13H13ClN4O2S. The maximum absolute atomic E-state index is 12.3. The molecule has 0 aliphatic carbocycles. The number of nitrogens with zero attached hydrogens (tertiary/aromatic N) is 1. The molecule has 0 atom stereocenters. The van der Waals surface area contributed by atoms with Crippen molar-refractivity contribution in [1.29, 1.82) is 0 Å². The van der Waals surface area contributed by atoms with Crippen LogP contribution in [0.5, 0.6) is 0 Å². The molecule has 21 heavy (non-hydrogen) atoms. The molecule has 8 heteroatoms. The van der Waals surface area contributed by atoms with Crippen molar-refractivity contribution in [1.82, 2.24) is 10.2 Å². The zero-order chi connectivity index (χ0) is 15.5. The maximum Gasteiger partial charge on any atom is 0.265 e. The Morgan fingerprint density at radius 1 is 1.48 bits per heavy atom. The van der Waals surface area contributed by atoms with Crippen LogP contribution in [0.3, 0.4) is 0 Å². The Morgan fingerprint density at radius 3 is 2.86 bits per heavy atom. The first-order valence-electron chi connectivity index (χ1n) is 5.95. The second-order valence-electron chi connectivity index (χ2n) is 4.16. The van der Waals surface area contributed by atoms with E-state index in [9.17, 15) is 8.42 Å². The summed E-state index contributed by atoms with van der Waals surface area (Å²) in [5.74, 6) is 5.48. The predicted octanol–water partition coefficient (Wildman–Crippen LogP) is 1.48. The fraction of sp³-hybridized carbons (Fsp3) is 0.154. The second kappa shape index (κ2) is 6.18. The number of anilines is 1. The molecule has 2 rings (SSSR count). The van der Waals surface area contributed by atoms with Crippen molar-refractivity contribution in [2.75, 3.05) is 11.3 Å². The van der Waals surface area contributed by atoms with E-state index in [-0.39, 0.29) is 11.4 Å². The summed E-state index contributed by atoms with van der Waals surface area (Å²) >= 11 is 5.91. The van der Waals surface area contributed by atoms with Gasteiger partial charge >= 0.3 is 0 Å². The number of benzene rings is 1. The van der Waals surface area contributed by atoms with E-state index in [1.54, 1.807) is 19.1 Å². The summed E-state index contributed by atoms with van der Waals surface area (Å²) < 4.78 is 27.1. The highest BCUT2D eigenvalue weighted by Crippen LogP contribution is 2.24. The topological polar surface area (TPSA) is 101 Å². The fourth-order valence-corrected chi connectivity index (χ4v) is 3.05. The molecule has 4 N–H and O–H groups in total. The Morgan fingerprint density at radius 2 is 2.24 bits per heavy atom. The highest BCUT2D eigenvalue weighted by atomic mass is 35.5. The van der Waals surface area contributed by atoms with Gasteiger partial charge in [0.05, 0.1) is 24.1 Å². The summed E-state index contributed by atoms with van der Waals surface area (Å²) in [6.45, 7) is 1.80. The number of rotatable bonds is 3. The smallest absolute Gasteiger partial charge is 0.265 e. The molecule has 1 aromatic carbocycles. The summed E-state index contributed by atoms with van der Waals surface area (Å²) in [4.78, 5) is 0.0696. The van der Waals surface area contributed by atoms with Crippen molar-refractivity contribution in [3.63, 3.8) is 0 Å². The number of halogens is 1. The summed E-state index contributed by atoms with van der Waals surface area (Å²) in [7, 11) is -3.77. The van der Waals surface area contributed by atoms with Crippen LogP contribution in [0.15, 0.2) is 29.3 Å². The molecule has 0 spiro atoms. The van der Waals surface area contributed by atoms with Crippen LogP contribution >= 0.6 is 11.6 Å². The Hall–Kier alpha value is -2.01. The van der Waals surface area contributed by atoms with Crippen molar-refractivity contribution >= 4 is 27.3 Å². The molecule has 0 unspecified atom stereocenters. The van der Waals surface area contributed by atoms with Crippen LogP contribution in [0, 0.1) is 18.8 Å². The number of aryl methyl sites for hydroxylation is 1. The third-order valence-electron chi connectivity index (χ3n) is 2.62. The molecule has 0 amide bonds. The van der Waals surface area contributed by atoms with Gasteiger partial charge in [0.25, 0.3) is 10.0 Å². The van der Waals surface area contributed by atoms with Gasteiger partial charge in [-0.25, -0.2) is 8.42 Å². The predicted molar refractivity (Wildman–Crippen MR) is 81.5 cm³/mol. The van der Waals surface area contributed by atoms with Gasteiger partial charge < -0.3 is 5.73 Å². The standard InChI is InChI=1S/C13H13ClN4O2S/c1-9-13(8-16-17-9)21(19,20)18-12-7-11(14)5-4-10(12)3-2-6-15/h4-5,7-8,18H,6,15H2,1H3,(H,16,17). The summed E-state index contributed by atoms with van der Waals surface area (Å²) in [6, 6.07) is 4.75. The first kappa shape index (κ1) is 15.4. The molecule has 1 aromatic heterocycles. The van der Waals surface area contributed by atoms with Gasteiger partial charge in [0.1, 0.15) is 4.90 Å². The number of aromatic nitrogens is 2. The maximum atomic E-state index is 12.3. The number of aromatic amines is 1. The van der Waals surface area contributed by atoms with Gasteiger partial charge in [-0.15, -0.1) is 0 Å². The number of nitrogens with one attached hydrogen (secondary N) is 2. The minimum Gasteiger partial charge on any atom is -0.320 e. The van der Waals surface area contributed by atoms with Crippen LogP contribution < -0.4 is 10.5 Å². The van der Waals surface area contributed by atoms with Crippen LogP contribution in [-0.2, 0) is 10.0 Å². The monoisotopic (exact) mass is 324 g/mol. The van der Waals surface area contributed by atoms with Crippen molar-refractivity contribution < 1.29 is 8.42 Å². The lowest BCUT2D eigenvalue weighted by Gasteiger charge is -2.09. The van der Waals surface area contributed by atoms with E-state index >= 15 is 0 Å². The summed E-state index contributed by atoms with van der Waals surface area (Å²) in [6.07, 6.45) is 1.24. The zero-order valence-corrected chi connectivity index (χ0v) is 12.7. The molecule has 0 bridgehead atoms. The van der Waals surface area contributed by atoms with E-state index in [4.69, 9.17) is 17.3 Å². The van der Waals surface area contributed by atoms with E-state index in [0.29, 0.717) is 22.0 Å². The Balaban J connectivity index is 2.44. The molecule has 6 nitrogen and oxygen atoms in total. The third-order valence-corrected chi connectivity index (χ3v) is 4.34. The van der Waals surface area contributed by atoms with Crippen molar-refractivity contribution in [3.05, 3.63) is 40.7 Å². The Kier molecular flexibility index (Phi) is 4.53. The lowest BCUT2D eigenvalue weighted by atomic mass is 10.2. The molecule has 110 valence electrons. The van der Waals surface area contributed by atoms with Crippen LogP contribution in [0.4, 0.5) is 5.69 Å². The minimum absolute atomic E-state index is 0.0696. The van der Waals surface area contributed by atoms with E-state index < -0.39 is 10.0 Å². The van der Waals surface area contributed by atoms with Crippen LogP contribution in [0.25, 0.3) is 0 Å². The lowest BCUT2D eigenvalue weighted by molar-refractivity contribution is 0.600. The summed E-state index contributed by atoms with van der Waals surface area (Å²) in [5.41, 5.74) is 6.56. The molecule has 0 fully saturated rings. The van der Waals surface area contributed by atoms with E-state index in [1.165, 1.54) is 12.3 Å². The van der Waals surface area contributed by atoms with Crippen LogP contribution in [0.2, 0.25) is 5.02 Å². The molecule has 0 radical (unpaired) electrons. The van der Waals surface area contributed by atoms with Gasteiger partial charge in [0.2, 0.25) is 0 Å². The van der Waals surface area contributed by atoms with Crippen LogP contribution in [0.1, 0.15) is 11.3 Å². The van der Waals surface area contributed by atoms with Gasteiger partial charge in [-0.3, -0.25) is 9.82 Å². The first-order valence-corrected chi connectivity index (χ1v) is 7.81. The average Bonchev–Trinajstić information content (AvgIpc) is 2.84. The first-order chi connectivity index (χ1) is 9.94. The Bertz CT molecular complexity index is 818. The highest BCUT2D eigenvalue weighted by molar-refractivity contribution is 7.92. The molecule has 0 aliphatic heterocycles. The zero-order valence-electron chi connectivity index (χ0n) is 11.1. The molecular weight excluding hydrogens is 312 g/mol. The van der Waals surface area contributed by atoms with Crippen molar-refractivity contribution in [2.45, 2.75) is 11.8 Å². The molecule has 0 aliphatic rings. The normalized spacial score (nSPS) is 10.8. The number of nitrogens with two attached hydrogens (primary N) is 1. The van der Waals surface area contributed by atoms with Crippen molar-refractivity contribution in [3.8, 4) is 11.8 Å². The molecule has 0 saturated carbocycles. The average molecular weight is 325 g/mol.